The fourth-order valence-electron chi connectivity index (χ4n) is 1.88. The van der Waals surface area contributed by atoms with Crippen molar-refractivity contribution in [3.63, 3.8) is 0 Å². The van der Waals surface area contributed by atoms with E-state index < -0.39 is 17.4 Å². The summed E-state index contributed by atoms with van der Waals surface area (Å²) >= 11 is 5.89. The third-order valence-electron chi connectivity index (χ3n) is 2.76. The number of nitrogens with zero attached hydrogens (tertiary/aromatic N) is 1. The molecule has 2 rings (SSSR count). The van der Waals surface area contributed by atoms with Crippen LogP contribution in [0, 0.1) is 36.8 Å². The molecule has 0 atom stereocenters. The maximum absolute atomic E-state index is 13.8. The summed E-state index contributed by atoms with van der Waals surface area (Å²) in [7, 11) is 0. The first-order chi connectivity index (χ1) is 9.42. The number of hydrogen-bond donors (Lipinski definition) is 0. The van der Waals surface area contributed by atoms with Gasteiger partial charge < -0.3 is 4.74 Å². The highest BCUT2D eigenvalue weighted by Crippen LogP contribution is 2.34. The van der Waals surface area contributed by atoms with Crippen molar-refractivity contribution < 1.29 is 13.5 Å². The lowest BCUT2D eigenvalue weighted by Gasteiger charge is -2.13. The number of benzene rings is 2. The van der Waals surface area contributed by atoms with Crippen molar-refractivity contribution in [2.45, 2.75) is 13.8 Å². The summed E-state index contributed by atoms with van der Waals surface area (Å²) < 4.78 is 32.9. The van der Waals surface area contributed by atoms with Crippen molar-refractivity contribution in [2.24, 2.45) is 0 Å². The molecule has 0 saturated heterocycles. The molecule has 2 aromatic rings. The molecular weight excluding hydrogens is 284 g/mol. The van der Waals surface area contributed by atoms with E-state index in [1.165, 1.54) is 0 Å². The maximum atomic E-state index is 13.8. The molecular formula is C15H10ClF2NO. The summed E-state index contributed by atoms with van der Waals surface area (Å²) in [6.07, 6.45) is 0. The normalized spacial score (nSPS) is 10.2. The molecule has 0 heterocycles. The Morgan fingerprint density at radius 1 is 1.00 bits per heavy atom. The molecule has 0 aliphatic heterocycles. The first kappa shape index (κ1) is 14.3. The van der Waals surface area contributed by atoms with Gasteiger partial charge in [-0.3, -0.25) is 0 Å². The third kappa shape index (κ3) is 2.73. The van der Waals surface area contributed by atoms with E-state index in [1.807, 2.05) is 0 Å². The summed E-state index contributed by atoms with van der Waals surface area (Å²) in [6.45, 7) is 3.46. The van der Waals surface area contributed by atoms with Crippen LogP contribution in [0.2, 0.25) is 5.02 Å². The van der Waals surface area contributed by atoms with Gasteiger partial charge >= 0.3 is 0 Å². The van der Waals surface area contributed by atoms with E-state index in [0.29, 0.717) is 21.9 Å². The first-order valence-electron chi connectivity index (χ1n) is 5.76. The Balaban J connectivity index is 2.49. The van der Waals surface area contributed by atoms with E-state index in [2.05, 4.69) is 0 Å². The highest BCUT2D eigenvalue weighted by molar-refractivity contribution is 6.30. The smallest absolute Gasteiger partial charge is 0.198 e. The van der Waals surface area contributed by atoms with E-state index in [1.54, 1.807) is 32.0 Å². The van der Waals surface area contributed by atoms with Crippen LogP contribution in [0.3, 0.4) is 0 Å². The molecule has 0 aromatic heterocycles. The number of nitriles is 1. The fourth-order valence-corrected chi connectivity index (χ4v) is 2.21. The zero-order valence-corrected chi connectivity index (χ0v) is 11.6. The van der Waals surface area contributed by atoms with Crippen LogP contribution in [0.4, 0.5) is 8.78 Å². The standard InChI is InChI=1S/C15H10ClF2NO/c1-8-3-11(16)4-9(2)14(8)20-15-12(17)5-10(7-19)6-13(15)18/h3-6H,1-2H3. The van der Waals surface area contributed by atoms with Crippen LogP contribution in [0.1, 0.15) is 16.7 Å². The van der Waals surface area contributed by atoms with Crippen LogP contribution in [-0.4, -0.2) is 0 Å². The Labute approximate surface area is 120 Å². The van der Waals surface area contributed by atoms with Gasteiger partial charge in [-0.2, -0.15) is 5.26 Å². The van der Waals surface area contributed by atoms with Crippen LogP contribution in [0.25, 0.3) is 0 Å². The number of ether oxygens (including phenoxy) is 1. The predicted octanol–water partition coefficient (Wildman–Crippen LogP) is 4.90. The van der Waals surface area contributed by atoms with Gasteiger partial charge in [-0.05, 0) is 49.2 Å². The first-order valence-corrected chi connectivity index (χ1v) is 6.14. The van der Waals surface area contributed by atoms with Crippen molar-refractivity contribution in [1.29, 1.82) is 5.26 Å². The Morgan fingerprint density at radius 2 is 1.50 bits per heavy atom. The topological polar surface area (TPSA) is 33.0 Å². The van der Waals surface area contributed by atoms with E-state index in [9.17, 15) is 8.78 Å². The molecule has 0 radical (unpaired) electrons. The van der Waals surface area contributed by atoms with Gasteiger partial charge in [-0.1, -0.05) is 11.6 Å². The second-order valence-corrected chi connectivity index (χ2v) is 4.79. The summed E-state index contributed by atoms with van der Waals surface area (Å²) in [6, 6.07) is 6.82. The Bertz CT molecular complexity index is 676. The molecule has 0 amide bonds. The van der Waals surface area contributed by atoms with E-state index in [0.717, 1.165) is 12.1 Å². The highest BCUT2D eigenvalue weighted by Gasteiger charge is 2.16. The van der Waals surface area contributed by atoms with Gasteiger partial charge in [-0.15, -0.1) is 0 Å². The summed E-state index contributed by atoms with van der Waals surface area (Å²) in [5.74, 6) is -2.03. The summed E-state index contributed by atoms with van der Waals surface area (Å²) in [4.78, 5) is 0. The van der Waals surface area contributed by atoms with Crippen molar-refractivity contribution in [1.82, 2.24) is 0 Å². The Morgan fingerprint density at radius 3 is 1.95 bits per heavy atom. The Hall–Kier alpha value is -2.12. The minimum absolute atomic E-state index is 0.100. The van der Waals surface area contributed by atoms with Crippen molar-refractivity contribution in [3.05, 3.63) is 57.6 Å². The predicted molar refractivity (Wildman–Crippen MR) is 72.1 cm³/mol. The molecule has 0 aliphatic rings. The minimum Gasteiger partial charge on any atom is -0.451 e. The molecule has 2 nitrogen and oxygen atoms in total. The molecule has 0 fully saturated rings. The van der Waals surface area contributed by atoms with Gasteiger partial charge in [-0.25, -0.2) is 8.78 Å². The molecule has 5 heteroatoms. The average molecular weight is 294 g/mol. The van der Waals surface area contributed by atoms with Gasteiger partial charge in [0.05, 0.1) is 11.6 Å². The van der Waals surface area contributed by atoms with E-state index in [-0.39, 0.29) is 5.56 Å². The number of aryl methyl sites for hydroxylation is 2. The zero-order valence-electron chi connectivity index (χ0n) is 10.8. The fraction of sp³-hybridized carbons (Fsp3) is 0.133. The van der Waals surface area contributed by atoms with Gasteiger partial charge in [0.2, 0.25) is 0 Å². The van der Waals surface area contributed by atoms with Crippen molar-refractivity contribution in [2.75, 3.05) is 0 Å². The van der Waals surface area contributed by atoms with Crippen molar-refractivity contribution >= 4 is 11.6 Å². The SMILES string of the molecule is Cc1cc(Cl)cc(C)c1Oc1c(F)cc(C#N)cc1F. The monoisotopic (exact) mass is 293 g/mol. The van der Waals surface area contributed by atoms with Gasteiger partial charge in [0.15, 0.2) is 17.4 Å². The molecule has 0 unspecified atom stereocenters. The van der Waals surface area contributed by atoms with Crippen LogP contribution < -0.4 is 4.74 Å². The molecule has 2 aromatic carbocycles. The third-order valence-corrected chi connectivity index (χ3v) is 2.97. The quantitative estimate of drug-likeness (QED) is 0.789. The minimum atomic E-state index is -0.921. The van der Waals surface area contributed by atoms with Crippen LogP contribution >= 0.6 is 11.6 Å². The van der Waals surface area contributed by atoms with Gasteiger partial charge in [0.1, 0.15) is 5.75 Å². The lowest BCUT2D eigenvalue weighted by molar-refractivity contribution is 0.403. The van der Waals surface area contributed by atoms with Crippen LogP contribution in [0.5, 0.6) is 11.5 Å². The zero-order chi connectivity index (χ0) is 14.9. The second-order valence-electron chi connectivity index (χ2n) is 4.35. The van der Waals surface area contributed by atoms with Gasteiger partial charge in [0.25, 0.3) is 0 Å². The van der Waals surface area contributed by atoms with Crippen molar-refractivity contribution in [3.8, 4) is 17.6 Å². The second kappa shape index (κ2) is 5.48. The van der Waals surface area contributed by atoms with E-state index in [4.69, 9.17) is 21.6 Å². The van der Waals surface area contributed by atoms with Crippen LogP contribution in [0.15, 0.2) is 24.3 Å². The molecule has 102 valence electrons. The molecule has 20 heavy (non-hydrogen) atoms. The number of rotatable bonds is 2. The average Bonchev–Trinajstić information content (AvgIpc) is 2.35. The maximum Gasteiger partial charge on any atom is 0.198 e. The lowest BCUT2D eigenvalue weighted by atomic mass is 10.1. The van der Waals surface area contributed by atoms with E-state index >= 15 is 0 Å². The molecule has 0 bridgehead atoms. The highest BCUT2D eigenvalue weighted by atomic mass is 35.5. The number of halogens is 3. The molecule has 0 N–H and O–H groups in total. The molecule has 0 aliphatic carbocycles. The molecule has 0 spiro atoms. The largest absolute Gasteiger partial charge is 0.451 e. The van der Waals surface area contributed by atoms with Crippen LogP contribution in [-0.2, 0) is 0 Å². The Kier molecular flexibility index (Phi) is 3.91. The van der Waals surface area contributed by atoms with Gasteiger partial charge in [0, 0.05) is 5.02 Å². The molecule has 0 saturated carbocycles. The number of hydrogen-bond acceptors (Lipinski definition) is 2. The summed E-state index contributed by atoms with van der Waals surface area (Å²) in [5, 5.41) is 9.17. The summed E-state index contributed by atoms with van der Waals surface area (Å²) in [5.41, 5.74) is 1.23. The lowest BCUT2D eigenvalue weighted by Crippen LogP contribution is -1.97.